The van der Waals surface area contributed by atoms with Crippen molar-refractivity contribution in [3.8, 4) is 16.9 Å². The molecule has 184 valence electrons. The van der Waals surface area contributed by atoms with Gasteiger partial charge in [-0.3, -0.25) is 0 Å². The fourth-order valence-corrected chi connectivity index (χ4v) is 3.88. The van der Waals surface area contributed by atoms with E-state index in [2.05, 4.69) is 0 Å². The second-order valence-corrected chi connectivity index (χ2v) is 8.43. The van der Waals surface area contributed by atoms with Crippen molar-refractivity contribution in [2.24, 2.45) is 0 Å². The fourth-order valence-electron chi connectivity index (χ4n) is 3.88. The number of hydrogen-bond donors (Lipinski definition) is 1. The van der Waals surface area contributed by atoms with Crippen molar-refractivity contribution in [3.63, 3.8) is 0 Å². The van der Waals surface area contributed by atoms with Gasteiger partial charge in [-0.15, -0.1) is 0 Å². The molecule has 3 aromatic carbocycles. The number of rotatable bonds is 9. The number of alkyl halides is 3. The molecule has 1 aliphatic heterocycles. The van der Waals surface area contributed by atoms with Gasteiger partial charge < -0.3 is 19.3 Å². The highest BCUT2D eigenvalue weighted by Crippen LogP contribution is 2.36. The summed E-state index contributed by atoms with van der Waals surface area (Å²) in [5.74, 6) is -0.383. The van der Waals surface area contributed by atoms with Crippen LogP contribution >= 0.6 is 0 Å². The topological polar surface area (TPSA) is 65.0 Å². The third kappa shape index (κ3) is 5.66. The molecule has 1 heterocycles. The predicted octanol–water partition coefficient (Wildman–Crippen LogP) is 6.06. The fraction of sp³-hybridized carbons (Fsp3) is 0.296. The summed E-state index contributed by atoms with van der Waals surface area (Å²) in [4.78, 5) is 11.4. The summed E-state index contributed by atoms with van der Waals surface area (Å²) < 4.78 is 55.5. The van der Waals surface area contributed by atoms with Crippen molar-refractivity contribution >= 4 is 5.97 Å². The summed E-state index contributed by atoms with van der Waals surface area (Å²) in [5, 5.41) is 9.33. The van der Waals surface area contributed by atoms with Crippen LogP contribution in [0.3, 0.4) is 0 Å². The van der Waals surface area contributed by atoms with Gasteiger partial charge in [-0.1, -0.05) is 49.4 Å². The zero-order valence-corrected chi connectivity index (χ0v) is 19.0. The molecule has 0 aromatic heterocycles. The first-order valence-electron chi connectivity index (χ1n) is 11.2. The van der Waals surface area contributed by atoms with E-state index in [1.54, 1.807) is 19.1 Å². The van der Waals surface area contributed by atoms with E-state index >= 15 is 0 Å². The van der Waals surface area contributed by atoms with E-state index in [4.69, 9.17) is 14.2 Å². The lowest BCUT2D eigenvalue weighted by atomic mass is 9.91. The number of ether oxygens (including phenoxy) is 3. The molecule has 1 unspecified atom stereocenters. The maximum absolute atomic E-state index is 12.8. The van der Waals surface area contributed by atoms with E-state index in [9.17, 15) is 23.1 Å². The normalized spacial score (nSPS) is 15.8. The van der Waals surface area contributed by atoms with Crippen molar-refractivity contribution in [3.05, 3.63) is 89.5 Å². The molecule has 8 heteroatoms. The average Bonchev–Trinajstić information content (AvgIpc) is 2.82. The van der Waals surface area contributed by atoms with Crippen LogP contribution in [0.2, 0.25) is 0 Å². The van der Waals surface area contributed by atoms with Gasteiger partial charge in [0, 0.05) is 0 Å². The Morgan fingerprint density at radius 3 is 2.26 bits per heavy atom. The Labute approximate surface area is 201 Å². The molecule has 1 atom stereocenters. The maximum atomic E-state index is 12.8. The first kappa shape index (κ1) is 24.8. The van der Waals surface area contributed by atoms with Gasteiger partial charge in [-0.25, -0.2) is 4.79 Å². The van der Waals surface area contributed by atoms with E-state index in [-0.39, 0.29) is 19.8 Å². The molecule has 1 fully saturated rings. The maximum Gasteiger partial charge on any atom is 0.416 e. The highest BCUT2D eigenvalue weighted by molar-refractivity contribution is 5.72. The Bertz CT molecular complexity index is 1150. The van der Waals surface area contributed by atoms with E-state index in [1.165, 1.54) is 12.1 Å². The van der Waals surface area contributed by atoms with Gasteiger partial charge >= 0.3 is 12.1 Å². The number of benzene rings is 3. The second kappa shape index (κ2) is 10.1. The smallest absolute Gasteiger partial charge is 0.416 e. The second-order valence-electron chi connectivity index (χ2n) is 8.43. The molecule has 0 bridgehead atoms. The average molecular weight is 486 g/mol. The molecule has 3 aromatic rings. The van der Waals surface area contributed by atoms with E-state index in [0.717, 1.165) is 28.8 Å². The van der Waals surface area contributed by atoms with Gasteiger partial charge in [0.25, 0.3) is 0 Å². The monoisotopic (exact) mass is 486 g/mol. The molecule has 35 heavy (non-hydrogen) atoms. The van der Waals surface area contributed by atoms with Crippen LogP contribution in [-0.2, 0) is 32.7 Å². The van der Waals surface area contributed by atoms with Crippen LogP contribution < -0.4 is 4.74 Å². The number of halogens is 3. The van der Waals surface area contributed by atoms with Crippen LogP contribution in [-0.4, -0.2) is 30.4 Å². The number of carboxylic acid groups (broad SMARTS) is 1. The zero-order valence-electron chi connectivity index (χ0n) is 19.0. The van der Waals surface area contributed by atoms with Gasteiger partial charge in [0.05, 0.1) is 18.8 Å². The minimum absolute atomic E-state index is 0.273. The zero-order chi connectivity index (χ0) is 25.1. The molecule has 5 nitrogen and oxygen atoms in total. The third-order valence-corrected chi connectivity index (χ3v) is 5.94. The number of carbonyl (C=O) groups is 1. The summed E-state index contributed by atoms with van der Waals surface area (Å²) >= 11 is 0. The molecule has 1 N–H and O–H groups in total. The van der Waals surface area contributed by atoms with Crippen LogP contribution in [0.4, 0.5) is 13.2 Å². The Morgan fingerprint density at radius 2 is 1.71 bits per heavy atom. The van der Waals surface area contributed by atoms with Crippen molar-refractivity contribution in [1.82, 2.24) is 0 Å². The summed E-state index contributed by atoms with van der Waals surface area (Å²) in [7, 11) is 0. The third-order valence-electron chi connectivity index (χ3n) is 5.94. The van der Waals surface area contributed by atoms with Gasteiger partial charge in [0.15, 0.2) is 6.10 Å². The summed E-state index contributed by atoms with van der Waals surface area (Å²) in [6.07, 6.45) is -4.93. The first-order valence-corrected chi connectivity index (χ1v) is 11.2. The standard InChI is InChI=1S/C27H25F3O5/c1-2-24(25(31)32)35-26(16-33-17-26)21-10-12-23(13-11-21)34-15-18-4-3-5-20(14-18)19-6-8-22(9-7-19)27(28,29)30/h3-14,24H,2,15-17H2,1H3,(H,31,32). The highest BCUT2D eigenvalue weighted by atomic mass is 19.4. The van der Waals surface area contributed by atoms with Crippen molar-refractivity contribution in [2.75, 3.05) is 13.2 Å². The Kier molecular flexibility index (Phi) is 7.14. The molecule has 1 aliphatic rings. The van der Waals surface area contributed by atoms with E-state index < -0.39 is 29.4 Å². The summed E-state index contributed by atoms with van der Waals surface area (Å²) in [6, 6.07) is 19.7. The van der Waals surface area contributed by atoms with Crippen LogP contribution in [0.1, 0.15) is 30.0 Å². The van der Waals surface area contributed by atoms with Gasteiger partial charge in [0.2, 0.25) is 0 Å². The molecular formula is C27H25F3O5. The lowest BCUT2D eigenvalue weighted by Crippen LogP contribution is -2.52. The van der Waals surface area contributed by atoms with Crippen LogP contribution in [0.15, 0.2) is 72.8 Å². The number of carboxylic acids is 1. The molecule has 0 spiro atoms. The van der Waals surface area contributed by atoms with E-state index in [0.29, 0.717) is 17.7 Å². The van der Waals surface area contributed by atoms with Crippen LogP contribution in [0.5, 0.6) is 5.75 Å². The molecule has 1 saturated heterocycles. The molecule has 4 rings (SSSR count). The van der Waals surface area contributed by atoms with Crippen molar-refractivity contribution in [2.45, 2.75) is 37.8 Å². The summed E-state index contributed by atoms with van der Waals surface area (Å²) in [6.45, 7) is 2.60. The minimum atomic E-state index is -4.37. The number of aliphatic carboxylic acids is 1. The molecule has 0 saturated carbocycles. The lowest BCUT2D eigenvalue weighted by Gasteiger charge is -2.43. The molecule has 0 amide bonds. The van der Waals surface area contributed by atoms with Gasteiger partial charge in [0.1, 0.15) is 18.0 Å². The molecular weight excluding hydrogens is 461 g/mol. The lowest BCUT2D eigenvalue weighted by molar-refractivity contribution is -0.240. The Hall–Kier alpha value is -3.36. The largest absolute Gasteiger partial charge is 0.489 e. The predicted molar refractivity (Wildman–Crippen MR) is 123 cm³/mol. The SMILES string of the molecule is CCC(OC1(c2ccc(OCc3cccc(-c4ccc(C(F)(F)F)cc4)c3)cc2)COC1)C(=O)O. The highest BCUT2D eigenvalue weighted by Gasteiger charge is 2.44. The van der Waals surface area contributed by atoms with Crippen molar-refractivity contribution < 1.29 is 37.3 Å². The quantitative estimate of drug-likeness (QED) is 0.399. The minimum Gasteiger partial charge on any atom is -0.489 e. The molecule has 0 radical (unpaired) electrons. The van der Waals surface area contributed by atoms with Gasteiger partial charge in [-0.2, -0.15) is 13.2 Å². The van der Waals surface area contributed by atoms with E-state index in [1.807, 2.05) is 36.4 Å². The van der Waals surface area contributed by atoms with Crippen molar-refractivity contribution in [1.29, 1.82) is 0 Å². The first-order chi connectivity index (χ1) is 16.7. The van der Waals surface area contributed by atoms with Crippen LogP contribution in [0.25, 0.3) is 11.1 Å². The van der Waals surface area contributed by atoms with Crippen LogP contribution in [0, 0.1) is 0 Å². The Morgan fingerprint density at radius 1 is 1.03 bits per heavy atom. The van der Waals surface area contributed by atoms with Gasteiger partial charge in [-0.05, 0) is 59.0 Å². The Balaban J connectivity index is 1.41. The molecule has 0 aliphatic carbocycles. The summed E-state index contributed by atoms with van der Waals surface area (Å²) in [5.41, 5.74) is 1.70. The number of hydrogen-bond acceptors (Lipinski definition) is 4.